The molecule has 0 saturated heterocycles. The number of carbonyl (C=O) groups excluding carboxylic acids is 1. The minimum Gasteiger partial charge on any atom is -0.496 e. The Bertz CT molecular complexity index is 930. The van der Waals surface area contributed by atoms with Crippen molar-refractivity contribution >= 4 is 27.5 Å². The number of hydrogen-bond acceptors (Lipinski definition) is 4. The summed E-state index contributed by atoms with van der Waals surface area (Å²) in [6.07, 6.45) is 0.688. The highest BCUT2D eigenvalue weighted by molar-refractivity contribution is 7.89. The summed E-state index contributed by atoms with van der Waals surface area (Å²) in [4.78, 5) is 14.4. The number of halogens is 1. The number of nitrogens with one attached hydrogen (secondary N) is 1. The quantitative estimate of drug-likeness (QED) is 0.701. The summed E-state index contributed by atoms with van der Waals surface area (Å²) in [5, 5.41) is 0.556. The molecule has 2 aromatic rings. The van der Waals surface area contributed by atoms with Crippen LogP contribution in [0, 0.1) is 0 Å². The molecular weight excluding hydrogens is 400 g/mol. The van der Waals surface area contributed by atoms with Gasteiger partial charge in [-0.2, -0.15) is 0 Å². The van der Waals surface area contributed by atoms with E-state index in [0.29, 0.717) is 29.3 Å². The van der Waals surface area contributed by atoms with Crippen LogP contribution in [0.25, 0.3) is 0 Å². The third-order valence-corrected chi connectivity index (χ3v) is 6.22. The van der Waals surface area contributed by atoms with Crippen LogP contribution in [0.2, 0.25) is 5.02 Å². The third kappa shape index (κ3) is 5.47. The van der Waals surface area contributed by atoms with Gasteiger partial charge in [0.25, 0.3) is 5.91 Å². The van der Waals surface area contributed by atoms with Gasteiger partial charge < -0.3 is 9.64 Å². The molecule has 2 rings (SSSR count). The van der Waals surface area contributed by atoms with Gasteiger partial charge in [0.2, 0.25) is 10.0 Å². The van der Waals surface area contributed by atoms with Crippen molar-refractivity contribution in [3.05, 3.63) is 58.6 Å². The number of rotatable bonds is 8. The second-order valence-electron chi connectivity index (χ2n) is 6.57. The van der Waals surface area contributed by atoms with E-state index in [9.17, 15) is 13.2 Å². The van der Waals surface area contributed by atoms with Crippen molar-refractivity contribution in [2.45, 2.75) is 37.8 Å². The number of ether oxygens (including phenoxy) is 1. The predicted molar refractivity (Wildman–Crippen MR) is 110 cm³/mol. The van der Waals surface area contributed by atoms with Gasteiger partial charge >= 0.3 is 0 Å². The van der Waals surface area contributed by atoms with E-state index in [-0.39, 0.29) is 16.8 Å². The number of hydrogen-bond donors (Lipinski definition) is 1. The van der Waals surface area contributed by atoms with Crippen molar-refractivity contribution in [3.8, 4) is 5.75 Å². The van der Waals surface area contributed by atoms with Gasteiger partial charge in [0.15, 0.2) is 0 Å². The van der Waals surface area contributed by atoms with Crippen LogP contribution in [0.4, 0.5) is 0 Å². The zero-order chi connectivity index (χ0) is 20.9. The highest BCUT2D eigenvalue weighted by Gasteiger charge is 2.19. The molecule has 0 heterocycles. The van der Waals surface area contributed by atoms with Crippen molar-refractivity contribution < 1.29 is 17.9 Å². The average Bonchev–Trinajstić information content (AvgIpc) is 2.67. The highest BCUT2D eigenvalue weighted by atomic mass is 35.5. The molecule has 0 saturated carbocycles. The zero-order valence-corrected chi connectivity index (χ0v) is 18.0. The molecule has 0 aromatic heterocycles. The molecule has 1 atom stereocenters. The number of benzene rings is 2. The first kappa shape index (κ1) is 22.2. The lowest BCUT2D eigenvalue weighted by Gasteiger charge is -2.19. The van der Waals surface area contributed by atoms with Gasteiger partial charge in [0, 0.05) is 35.8 Å². The summed E-state index contributed by atoms with van der Waals surface area (Å²) < 4.78 is 32.6. The predicted octanol–water partition coefficient (Wildman–Crippen LogP) is 3.70. The molecule has 28 heavy (non-hydrogen) atoms. The van der Waals surface area contributed by atoms with Crippen LogP contribution in [0.3, 0.4) is 0 Å². The van der Waals surface area contributed by atoms with Gasteiger partial charge in [-0.15, -0.1) is 0 Å². The Labute approximate surface area is 171 Å². The second-order valence-corrected chi connectivity index (χ2v) is 8.72. The van der Waals surface area contributed by atoms with Crippen molar-refractivity contribution in [2.24, 2.45) is 0 Å². The summed E-state index contributed by atoms with van der Waals surface area (Å²) in [5.74, 6) is 0.405. The molecule has 6 nitrogen and oxygen atoms in total. The summed E-state index contributed by atoms with van der Waals surface area (Å²) in [6.45, 7) is 4.01. The average molecular weight is 425 g/mol. The molecule has 0 fully saturated rings. The molecule has 1 N–H and O–H groups in total. The lowest BCUT2D eigenvalue weighted by atomic mass is 10.1. The fourth-order valence-corrected chi connectivity index (χ4v) is 4.13. The summed E-state index contributed by atoms with van der Waals surface area (Å²) >= 11 is 6.04. The molecule has 0 unspecified atom stereocenters. The van der Waals surface area contributed by atoms with Crippen LogP contribution in [-0.2, 0) is 16.6 Å². The number of amides is 1. The second kappa shape index (κ2) is 9.41. The minimum absolute atomic E-state index is 0.128. The topological polar surface area (TPSA) is 75.7 Å². The van der Waals surface area contributed by atoms with Crippen LogP contribution in [0.1, 0.15) is 36.2 Å². The van der Waals surface area contributed by atoms with Gasteiger partial charge in [0.05, 0.1) is 12.0 Å². The molecule has 0 bridgehead atoms. The van der Waals surface area contributed by atoms with Crippen LogP contribution >= 0.6 is 11.6 Å². The summed E-state index contributed by atoms with van der Waals surface area (Å²) in [5.41, 5.74) is 1.17. The first-order chi connectivity index (χ1) is 13.2. The molecule has 0 aliphatic rings. The maximum absolute atomic E-state index is 12.7. The van der Waals surface area contributed by atoms with E-state index in [1.165, 1.54) is 29.2 Å². The van der Waals surface area contributed by atoms with E-state index < -0.39 is 10.0 Å². The van der Waals surface area contributed by atoms with Crippen molar-refractivity contribution in [1.82, 2.24) is 9.62 Å². The fourth-order valence-electron chi connectivity index (χ4n) is 2.61. The largest absolute Gasteiger partial charge is 0.496 e. The molecule has 2 aromatic carbocycles. The van der Waals surface area contributed by atoms with Gasteiger partial charge in [-0.3, -0.25) is 4.79 Å². The Balaban J connectivity index is 2.15. The Morgan fingerprint density at radius 3 is 2.43 bits per heavy atom. The molecule has 0 spiro atoms. The van der Waals surface area contributed by atoms with E-state index >= 15 is 0 Å². The Morgan fingerprint density at radius 1 is 1.21 bits per heavy atom. The van der Waals surface area contributed by atoms with Crippen molar-refractivity contribution in [1.29, 1.82) is 0 Å². The van der Waals surface area contributed by atoms with Gasteiger partial charge in [-0.25, -0.2) is 13.1 Å². The van der Waals surface area contributed by atoms with Crippen LogP contribution in [-0.4, -0.2) is 39.4 Å². The highest BCUT2D eigenvalue weighted by Crippen LogP contribution is 2.24. The maximum atomic E-state index is 12.7. The Kier molecular flexibility index (Phi) is 7.46. The van der Waals surface area contributed by atoms with Crippen LogP contribution in [0.15, 0.2) is 47.4 Å². The molecule has 0 aliphatic carbocycles. The normalized spacial score (nSPS) is 12.5. The van der Waals surface area contributed by atoms with E-state index in [1.807, 2.05) is 6.92 Å². The molecule has 8 heteroatoms. The fraction of sp³-hybridized carbons (Fsp3) is 0.350. The zero-order valence-electron chi connectivity index (χ0n) is 16.4. The standard InChI is InChI=1S/C20H25ClN2O4S/c1-5-14(2)22-28(25,26)18-9-6-15(7-10-18)20(24)23(3)13-16-12-17(21)8-11-19(16)27-4/h6-12,14,22H,5,13H2,1-4H3/t14-/m1/s1. The molecule has 0 aliphatic heterocycles. The lowest BCUT2D eigenvalue weighted by molar-refractivity contribution is 0.0784. The smallest absolute Gasteiger partial charge is 0.253 e. The maximum Gasteiger partial charge on any atom is 0.253 e. The lowest BCUT2D eigenvalue weighted by Crippen LogP contribution is -2.32. The van der Waals surface area contributed by atoms with E-state index in [1.54, 1.807) is 39.3 Å². The summed E-state index contributed by atoms with van der Waals surface area (Å²) in [7, 11) is -0.382. The van der Waals surface area contributed by atoms with Crippen molar-refractivity contribution in [2.75, 3.05) is 14.2 Å². The van der Waals surface area contributed by atoms with Crippen molar-refractivity contribution in [3.63, 3.8) is 0 Å². The molecular formula is C20H25ClN2O4S. The number of carbonyl (C=O) groups is 1. The summed E-state index contributed by atoms with van der Waals surface area (Å²) in [6, 6.07) is 11.0. The van der Waals surface area contributed by atoms with E-state index in [2.05, 4.69) is 4.72 Å². The Morgan fingerprint density at radius 2 is 1.86 bits per heavy atom. The van der Waals surface area contributed by atoms with E-state index in [4.69, 9.17) is 16.3 Å². The first-order valence-corrected chi connectivity index (χ1v) is 10.7. The molecule has 1 amide bonds. The number of nitrogens with zero attached hydrogens (tertiary/aromatic N) is 1. The third-order valence-electron chi connectivity index (χ3n) is 4.38. The SMILES string of the molecule is CC[C@@H](C)NS(=O)(=O)c1ccc(C(=O)N(C)Cc2cc(Cl)ccc2OC)cc1. The van der Waals surface area contributed by atoms with Gasteiger partial charge in [0.1, 0.15) is 5.75 Å². The Hall–Kier alpha value is -2.09. The monoisotopic (exact) mass is 424 g/mol. The number of methoxy groups -OCH3 is 1. The molecule has 0 radical (unpaired) electrons. The van der Waals surface area contributed by atoms with Gasteiger partial charge in [-0.1, -0.05) is 18.5 Å². The van der Waals surface area contributed by atoms with Gasteiger partial charge in [-0.05, 0) is 55.8 Å². The van der Waals surface area contributed by atoms with E-state index in [0.717, 1.165) is 5.56 Å². The molecule has 152 valence electrons. The van der Waals surface area contributed by atoms with Crippen LogP contribution in [0.5, 0.6) is 5.75 Å². The first-order valence-electron chi connectivity index (χ1n) is 8.88. The van der Waals surface area contributed by atoms with Crippen LogP contribution < -0.4 is 9.46 Å². The minimum atomic E-state index is -3.60. The number of sulfonamides is 1.